The molecule has 0 atom stereocenters. The maximum absolute atomic E-state index is 3.34. The molecule has 2 aliphatic rings. The van der Waals surface area contributed by atoms with E-state index in [1.165, 1.54) is 11.3 Å². The van der Waals surface area contributed by atoms with Gasteiger partial charge in [0, 0.05) is 18.7 Å². The molecular weight excluding hydrogens is 124 g/mol. The summed E-state index contributed by atoms with van der Waals surface area (Å²) in [5.74, 6) is 0. The van der Waals surface area contributed by atoms with Gasteiger partial charge in [-0.25, -0.2) is 4.99 Å². The number of hydrogen-bond donors (Lipinski definition) is 2. The summed E-state index contributed by atoms with van der Waals surface area (Å²) in [4.78, 5) is 3.21. The largest absolute Gasteiger partial charge is 0.384 e. The van der Waals surface area contributed by atoms with E-state index in [1.54, 1.807) is 0 Å². The molecule has 52 valence electrons. The van der Waals surface area contributed by atoms with Gasteiger partial charge in [-0.15, -0.1) is 0 Å². The van der Waals surface area contributed by atoms with E-state index in [0.717, 1.165) is 19.5 Å². The first-order chi connectivity index (χ1) is 4.97. The zero-order valence-corrected chi connectivity index (χ0v) is 5.85. The minimum atomic E-state index is 0.993. The van der Waals surface area contributed by atoms with Gasteiger partial charge >= 0.3 is 0 Å². The Kier molecular flexibility index (Phi) is 1.31. The Balaban J connectivity index is 2.32. The van der Waals surface area contributed by atoms with Crippen LogP contribution in [-0.2, 0) is 0 Å². The Bertz CT molecular complexity index is 201. The third kappa shape index (κ3) is 0.856. The molecule has 0 aromatic rings. The first-order valence-electron chi connectivity index (χ1n) is 3.67. The Morgan fingerprint density at radius 2 is 2.50 bits per heavy atom. The van der Waals surface area contributed by atoms with Crippen molar-refractivity contribution in [3.63, 3.8) is 0 Å². The van der Waals surface area contributed by atoms with Crippen molar-refractivity contribution in [3.8, 4) is 0 Å². The maximum atomic E-state index is 3.34. The van der Waals surface area contributed by atoms with Crippen LogP contribution in [0.25, 0.3) is 0 Å². The zero-order chi connectivity index (χ0) is 6.81. The summed E-state index contributed by atoms with van der Waals surface area (Å²) < 4.78 is 0. The lowest BCUT2D eigenvalue weighted by atomic mass is 10.1. The van der Waals surface area contributed by atoms with E-state index in [4.69, 9.17) is 0 Å². The molecule has 0 bridgehead atoms. The monoisotopic (exact) mass is 135 g/mol. The van der Waals surface area contributed by atoms with Gasteiger partial charge in [0.25, 0.3) is 0 Å². The molecule has 2 heterocycles. The fourth-order valence-corrected chi connectivity index (χ4v) is 1.32. The van der Waals surface area contributed by atoms with Gasteiger partial charge in [-0.1, -0.05) is 6.08 Å². The van der Waals surface area contributed by atoms with E-state index in [2.05, 4.69) is 28.7 Å². The third-order valence-electron chi connectivity index (χ3n) is 1.86. The number of hydrogen-bond acceptors (Lipinski definition) is 1. The molecule has 2 aliphatic heterocycles. The van der Waals surface area contributed by atoms with Crippen LogP contribution in [0, 0.1) is 0 Å². The van der Waals surface area contributed by atoms with E-state index in [9.17, 15) is 0 Å². The molecule has 0 saturated heterocycles. The fourth-order valence-electron chi connectivity index (χ4n) is 1.32. The molecule has 0 fully saturated rings. The molecule has 0 aromatic heterocycles. The highest BCUT2D eigenvalue weighted by Gasteiger charge is 2.11. The molecule has 0 saturated carbocycles. The lowest BCUT2D eigenvalue weighted by Crippen LogP contribution is -2.71. The van der Waals surface area contributed by atoms with Gasteiger partial charge in [0.1, 0.15) is 6.54 Å². The number of rotatable bonds is 0. The van der Waals surface area contributed by atoms with E-state index < -0.39 is 0 Å². The molecule has 2 N–H and O–H groups in total. The van der Waals surface area contributed by atoms with Crippen LogP contribution in [0.15, 0.2) is 23.4 Å². The summed E-state index contributed by atoms with van der Waals surface area (Å²) in [6.45, 7) is 2.06. The normalized spacial score (nSPS) is 22.4. The highest BCUT2D eigenvalue weighted by Crippen LogP contribution is 2.08. The van der Waals surface area contributed by atoms with Crippen LogP contribution < -0.4 is 10.3 Å². The molecular formula is C8H11N2+. The van der Waals surface area contributed by atoms with Gasteiger partial charge in [-0.05, 0) is 6.08 Å². The molecule has 2 rings (SSSR count). The Morgan fingerprint density at radius 1 is 1.50 bits per heavy atom. The zero-order valence-electron chi connectivity index (χ0n) is 5.85. The van der Waals surface area contributed by atoms with E-state index in [-0.39, 0.29) is 0 Å². The van der Waals surface area contributed by atoms with Crippen molar-refractivity contribution < 1.29 is 4.99 Å². The van der Waals surface area contributed by atoms with Gasteiger partial charge in [0.2, 0.25) is 0 Å². The molecule has 0 aliphatic carbocycles. The number of allylic oxidation sites excluding steroid dienone is 2. The molecule has 0 aromatic carbocycles. The van der Waals surface area contributed by atoms with Crippen LogP contribution in [0.2, 0.25) is 0 Å². The lowest BCUT2D eigenvalue weighted by molar-refractivity contribution is -0.452. The molecule has 2 heteroatoms. The number of dihydropyridines is 1. The summed E-state index contributed by atoms with van der Waals surface area (Å²) in [7, 11) is 0. The molecule has 0 unspecified atom stereocenters. The molecule has 10 heavy (non-hydrogen) atoms. The highest BCUT2D eigenvalue weighted by molar-refractivity contribution is 5.80. The fraction of sp³-hybridized carbons (Fsp3) is 0.375. The molecule has 0 spiro atoms. The van der Waals surface area contributed by atoms with E-state index in [0.29, 0.717) is 0 Å². The summed E-state index contributed by atoms with van der Waals surface area (Å²) in [6.07, 6.45) is 7.51. The third-order valence-corrected chi connectivity index (χ3v) is 1.86. The van der Waals surface area contributed by atoms with Gasteiger partial charge in [0.05, 0.1) is 5.57 Å². The Morgan fingerprint density at radius 3 is 3.40 bits per heavy atom. The molecule has 0 radical (unpaired) electrons. The smallest absolute Gasteiger partial charge is 0.170 e. The maximum Gasteiger partial charge on any atom is 0.170 e. The van der Waals surface area contributed by atoms with Crippen LogP contribution in [-0.4, -0.2) is 19.3 Å². The SMILES string of the molecule is C1=CC2=C(CC[NH+]=C2)NC1. The van der Waals surface area contributed by atoms with Gasteiger partial charge in [-0.2, -0.15) is 0 Å². The lowest BCUT2D eigenvalue weighted by Gasteiger charge is -2.14. The summed E-state index contributed by atoms with van der Waals surface area (Å²) in [5.41, 5.74) is 2.71. The van der Waals surface area contributed by atoms with Crippen LogP contribution in [0.4, 0.5) is 0 Å². The van der Waals surface area contributed by atoms with Crippen molar-refractivity contribution in [3.05, 3.63) is 23.4 Å². The van der Waals surface area contributed by atoms with Crippen molar-refractivity contribution in [2.45, 2.75) is 6.42 Å². The minimum absolute atomic E-state index is 0.993. The van der Waals surface area contributed by atoms with Crippen LogP contribution >= 0.6 is 0 Å². The average molecular weight is 135 g/mol. The summed E-state index contributed by atoms with van der Waals surface area (Å²) in [6, 6.07) is 0. The van der Waals surface area contributed by atoms with E-state index in [1.807, 2.05) is 0 Å². The van der Waals surface area contributed by atoms with Crippen LogP contribution in [0.1, 0.15) is 6.42 Å². The second kappa shape index (κ2) is 2.29. The minimum Gasteiger partial charge on any atom is -0.384 e. The second-order valence-electron chi connectivity index (χ2n) is 2.57. The first kappa shape index (κ1) is 5.71. The Labute approximate surface area is 60.3 Å². The topological polar surface area (TPSA) is 26.0 Å². The highest BCUT2D eigenvalue weighted by atomic mass is 14.9. The second-order valence-corrected chi connectivity index (χ2v) is 2.57. The summed E-state index contributed by atoms with van der Waals surface area (Å²) in [5, 5.41) is 3.34. The predicted molar refractivity (Wildman–Crippen MR) is 40.7 cm³/mol. The van der Waals surface area contributed by atoms with Gasteiger partial charge < -0.3 is 5.32 Å². The predicted octanol–water partition coefficient (Wildman–Crippen LogP) is -1.04. The Hall–Kier alpha value is -1.05. The molecule has 0 amide bonds. The van der Waals surface area contributed by atoms with Crippen molar-refractivity contribution in [2.75, 3.05) is 13.1 Å². The standard InChI is InChI=1S/C8H10N2/c1-2-7-6-9-5-3-8(7)10-4-1/h1-2,6,10H,3-5H2/p+1. The van der Waals surface area contributed by atoms with Gasteiger partial charge in [0.15, 0.2) is 6.21 Å². The van der Waals surface area contributed by atoms with Crippen molar-refractivity contribution >= 4 is 6.21 Å². The quantitative estimate of drug-likeness (QED) is 0.436. The first-order valence-corrected chi connectivity index (χ1v) is 3.67. The van der Waals surface area contributed by atoms with Crippen LogP contribution in [0.3, 0.4) is 0 Å². The van der Waals surface area contributed by atoms with E-state index >= 15 is 0 Å². The van der Waals surface area contributed by atoms with Gasteiger partial charge in [-0.3, -0.25) is 0 Å². The molecule has 2 nitrogen and oxygen atoms in total. The average Bonchev–Trinajstić information content (AvgIpc) is 2.05. The summed E-state index contributed by atoms with van der Waals surface area (Å²) >= 11 is 0. The van der Waals surface area contributed by atoms with Crippen molar-refractivity contribution in [1.29, 1.82) is 0 Å². The van der Waals surface area contributed by atoms with Crippen molar-refractivity contribution in [1.82, 2.24) is 5.32 Å². The van der Waals surface area contributed by atoms with Crippen molar-refractivity contribution in [2.24, 2.45) is 0 Å². The number of nitrogens with one attached hydrogen (secondary N) is 2. The van der Waals surface area contributed by atoms with Crippen LogP contribution in [0.5, 0.6) is 0 Å².